The van der Waals surface area contributed by atoms with Crippen LogP contribution < -0.4 is 4.74 Å². The third kappa shape index (κ3) is 3.63. The number of aromatic nitrogens is 3. The van der Waals surface area contributed by atoms with E-state index in [1.165, 1.54) is 13.2 Å². The van der Waals surface area contributed by atoms with Crippen molar-refractivity contribution in [3.63, 3.8) is 0 Å². The molecule has 4 aromatic rings. The highest BCUT2D eigenvalue weighted by Crippen LogP contribution is 2.41. The molecular formula is C22H23FN4O2S. The zero-order chi connectivity index (χ0) is 21.6. The van der Waals surface area contributed by atoms with Gasteiger partial charge in [0.05, 0.1) is 24.5 Å². The van der Waals surface area contributed by atoms with Crippen LogP contribution in [0.3, 0.4) is 0 Å². The van der Waals surface area contributed by atoms with Gasteiger partial charge < -0.3 is 4.74 Å². The lowest BCUT2D eigenvalue weighted by Crippen LogP contribution is -2.01. The number of nitrogens with zero attached hydrogens (tertiary/aromatic N) is 3. The van der Waals surface area contributed by atoms with Crippen LogP contribution >= 0.6 is 0 Å². The van der Waals surface area contributed by atoms with Crippen molar-refractivity contribution < 1.29 is 13.3 Å². The van der Waals surface area contributed by atoms with Crippen molar-refractivity contribution in [2.45, 2.75) is 19.8 Å². The summed E-state index contributed by atoms with van der Waals surface area (Å²) in [5.74, 6) is 0.190. The fourth-order valence-corrected chi connectivity index (χ4v) is 4.13. The second-order valence-corrected chi connectivity index (χ2v) is 10.4. The fourth-order valence-electron chi connectivity index (χ4n) is 3.57. The predicted octanol–water partition coefficient (Wildman–Crippen LogP) is 5.41. The summed E-state index contributed by atoms with van der Waals surface area (Å²) in [5.41, 5.74) is 3.10. The number of ether oxygens (including phenoxy) is 1. The van der Waals surface area contributed by atoms with Crippen molar-refractivity contribution >= 4 is 37.2 Å². The lowest BCUT2D eigenvalue weighted by atomic mass is 9.91. The standard InChI is InChI=1S/C22H23FN4O2S/c1-12(2)21-20(13-6-7-19(29-3)17(23)9-13)15-8-14-11-24-26-18(14)10-16(15)22(25-21)27-30(4,5)28/h6-12H,1-5H3,(H,24,26). The molecule has 0 fully saturated rings. The van der Waals surface area contributed by atoms with Gasteiger partial charge in [0.2, 0.25) is 0 Å². The Hall–Kier alpha value is -3.00. The summed E-state index contributed by atoms with van der Waals surface area (Å²) in [6, 6.07) is 8.79. The van der Waals surface area contributed by atoms with Gasteiger partial charge in [0.15, 0.2) is 17.4 Å². The zero-order valence-corrected chi connectivity index (χ0v) is 18.3. The Morgan fingerprint density at radius 1 is 1.17 bits per heavy atom. The minimum atomic E-state index is -2.43. The number of benzene rings is 2. The predicted molar refractivity (Wildman–Crippen MR) is 120 cm³/mol. The van der Waals surface area contributed by atoms with E-state index in [9.17, 15) is 8.60 Å². The molecule has 156 valence electrons. The molecule has 0 bridgehead atoms. The first-order valence-electron chi connectivity index (χ1n) is 9.49. The second-order valence-electron chi connectivity index (χ2n) is 7.83. The van der Waals surface area contributed by atoms with Crippen molar-refractivity contribution in [1.29, 1.82) is 0 Å². The highest BCUT2D eigenvalue weighted by atomic mass is 32.2. The fraction of sp³-hybridized carbons (Fsp3) is 0.273. The average Bonchev–Trinajstić information content (AvgIpc) is 3.12. The minimum absolute atomic E-state index is 0.0355. The molecule has 4 rings (SSSR count). The quantitative estimate of drug-likeness (QED) is 0.473. The summed E-state index contributed by atoms with van der Waals surface area (Å²) in [5, 5.41) is 9.58. The molecule has 2 heterocycles. The molecule has 0 atom stereocenters. The topological polar surface area (TPSA) is 80.2 Å². The molecule has 2 aromatic carbocycles. The van der Waals surface area contributed by atoms with E-state index in [1.807, 2.05) is 32.0 Å². The Balaban J connectivity index is 2.18. The van der Waals surface area contributed by atoms with E-state index in [0.29, 0.717) is 11.4 Å². The molecule has 0 amide bonds. The Morgan fingerprint density at radius 2 is 1.93 bits per heavy atom. The molecule has 8 heteroatoms. The molecule has 0 aliphatic rings. The highest BCUT2D eigenvalue weighted by Gasteiger charge is 2.20. The van der Waals surface area contributed by atoms with Gasteiger partial charge >= 0.3 is 0 Å². The Labute approximate surface area is 174 Å². The summed E-state index contributed by atoms with van der Waals surface area (Å²) in [4.78, 5) is 4.79. The molecule has 1 N–H and O–H groups in total. The maximum Gasteiger partial charge on any atom is 0.169 e. The van der Waals surface area contributed by atoms with Gasteiger partial charge in [-0.1, -0.05) is 19.9 Å². The van der Waals surface area contributed by atoms with Crippen LogP contribution in [0.2, 0.25) is 0 Å². The first-order chi connectivity index (χ1) is 14.2. The maximum absolute atomic E-state index is 14.6. The molecule has 0 radical (unpaired) electrons. The van der Waals surface area contributed by atoms with Crippen molar-refractivity contribution in [3.8, 4) is 16.9 Å². The number of H-pyrrole nitrogens is 1. The third-order valence-electron chi connectivity index (χ3n) is 4.86. The van der Waals surface area contributed by atoms with Crippen LogP contribution in [0.15, 0.2) is 40.9 Å². The Kier molecular flexibility index (Phi) is 4.97. The lowest BCUT2D eigenvalue weighted by molar-refractivity contribution is 0.386. The summed E-state index contributed by atoms with van der Waals surface area (Å²) < 4.78 is 36.5. The first-order valence-corrected chi connectivity index (χ1v) is 11.8. The van der Waals surface area contributed by atoms with Crippen LogP contribution in [0.4, 0.5) is 10.2 Å². The van der Waals surface area contributed by atoms with E-state index in [1.54, 1.807) is 24.8 Å². The van der Waals surface area contributed by atoms with E-state index in [2.05, 4.69) is 14.6 Å². The first kappa shape index (κ1) is 20.3. The molecule has 6 nitrogen and oxygen atoms in total. The summed E-state index contributed by atoms with van der Waals surface area (Å²) >= 11 is 0. The van der Waals surface area contributed by atoms with Crippen molar-refractivity contribution in [1.82, 2.24) is 15.2 Å². The summed E-state index contributed by atoms with van der Waals surface area (Å²) in [6.07, 6.45) is 4.90. The number of nitrogens with one attached hydrogen (secondary N) is 1. The zero-order valence-electron chi connectivity index (χ0n) is 17.5. The summed E-state index contributed by atoms with van der Waals surface area (Å²) in [7, 11) is -0.996. The second kappa shape index (κ2) is 7.36. The highest BCUT2D eigenvalue weighted by molar-refractivity contribution is 7.92. The van der Waals surface area contributed by atoms with Crippen molar-refractivity contribution in [3.05, 3.63) is 48.0 Å². The van der Waals surface area contributed by atoms with Gasteiger partial charge in [-0.3, -0.25) is 5.10 Å². The van der Waals surface area contributed by atoms with E-state index in [4.69, 9.17) is 9.72 Å². The Morgan fingerprint density at radius 3 is 2.57 bits per heavy atom. The van der Waals surface area contributed by atoms with Gasteiger partial charge in [-0.05, 0) is 41.1 Å². The van der Waals surface area contributed by atoms with Crippen LogP contribution in [-0.2, 0) is 9.73 Å². The van der Waals surface area contributed by atoms with Crippen molar-refractivity contribution in [2.24, 2.45) is 4.36 Å². The molecule has 0 saturated heterocycles. The van der Waals surface area contributed by atoms with Crippen LogP contribution in [-0.4, -0.2) is 39.0 Å². The number of aromatic amines is 1. The van der Waals surface area contributed by atoms with Gasteiger partial charge in [0, 0.05) is 38.6 Å². The number of rotatable bonds is 4. The van der Waals surface area contributed by atoms with Gasteiger partial charge in [0.25, 0.3) is 0 Å². The van der Waals surface area contributed by atoms with E-state index < -0.39 is 15.5 Å². The van der Waals surface area contributed by atoms with Crippen LogP contribution in [0, 0.1) is 5.82 Å². The monoisotopic (exact) mass is 426 g/mol. The van der Waals surface area contributed by atoms with E-state index in [-0.39, 0.29) is 11.7 Å². The molecule has 0 spiro atoms. The molecule has 2 aromatic heterocycles. The molecule has 0 aliphatic heterocycles. The third-order valence-corrected chi connectivity index (χ3v) is 5.48. The number of pyridine rings is 1. The van der Waals surface area contributed by atoms with Crippen LogP contribution in [0.1, 0.15) is 25.5 Å². The molecule has 0 aliphatic carbocycles. The summed E-state index contributed by atoms with van der Waals surface area (Å²) in [6.45, 7) is 4.04. The molecule has 0 saturated carbocycles. The number of halogens is 1. The lowest BCUT2D eigenvalue weighted by Gasteiger charge is -2.18. The van der Waals surface area contributed by atoms with Crippen molar-refractivity contribution in [2.75, 3.05) is 19.6 Å². The maximum atomic E-state index is 14.6. The van der Waals surface area contributed by atoms with Crippen LogP contribution in [0.25, 0.3) is 32.8 Å². The van der Waals surface area contributed by atoms with E-state index >= 15 is 0 Å². The number of methoxy groups -OCH3 is 1. The number of fused-ring (bicyclic) bond motifs is 2. The largest absolute Gasteiger partial charge is 0.494 e. The normalized spacial score (nSPS) is 12.1. The van der Waals surface area contributed by atoms with Gasteiger partial charge in [-0.2, -0.15) is 9.46 Å². The van der Waals surface area contributed by atoms with Gasteiger partial charge in [0.1, 0.15) is 0 Å². The van der Waals surface area contributed by atoms with Gasteiger partial charge in [-0.25, -0.2) is 13.6 Å². The average molecular weight is 427 g/mol. The molecular weight excluding hydrogens is 403 g/mol. The van der Waals surface area contributed by atoms with Gasteiger partial charge in [-0.15, -0.1) is 0 Å². The Bertz CT molecular complexity index is 1390. The molecule has 30 heavy (non-hydrogen) atoms. The SMILES string of the molecule is COc1ccc(-c2c(C(C)C)nc(N=S(C)(C)=O)c3cc4[nH]ncc4cc23)cc1F. The molecule has 0 unspecified atom stereocenters. The minimum Gasteiger partial charge on any atom is -0.494 e. The smallest absolute Gasteiger partial charge is 0.169 e. The number of hydrogen-bond acceptors (Lipinski definition) is 5. The van der Waals surface area contributed by atoms with Crippen LogP contribution in [0.5, 0.6) is 5.75 Å². The van der Waals surface area contributed by atoms with E-state index in [0.717, 1.165) is 32.9 Å². The number of hydrogen-bond donors (Lipinski definition) is 1.